The third kappa shape index (κ3) is 6.61. The van der Waals surface area contributed by atoms with Crippen LogP contribution in [0, 0.1) is 6.92 Å². The van der Waals surface area contributed by atoms with E-state index in [4.69, 9.17) is 15.5 Å². The maximum Gasteiger partial charge on any atom is 0.256 e. The summed E-state index contributed by atoms with van der Waals surface area (Å²) < 4.78 is 5.46. The van der Waals surface area contributed by atoms with Crippen LogP contribution in [0.4, 0.5) is 29.1 Å². The molecule has 230 valence electrons. The lowest BCUT2D eigenvalue weighted by Crippen LogP contribution is -2.49. The highest BCUT2D eigenvalue weighted by Gasteiger charge is 2.22. The van der Waals surface area contributed by atoms with Gasteiger partial charge in [-0.15, -0.1) is 0 Å². The standard InChI is InChI=1S/C30H38N12O2/c1-19(2)22-17-24(39-38-22)35-29(43)21-5-4-20(3)23(16-21)34-28-26-25(32-18-33-28)27(31)37-30(36-26)42-10-8-40(9-11-42)6-7-41-12-14-44-15-13-41/h4-5,16-18H,1,6-15H2,2-3H3,(H2,31,36,37)(H,32,33,34)(H2,35,38,39,43). The number of hydrogen-bond acceptors (Lipinski definition) is 12. The molecule has 0 atom stereocenters. The minimum absolute atomic E-state index is 0.282. The zero-order chi connectivity index (χ0) is 30.6. The van der Waals surface area contributed by atoms with Crippen LogP contribution in [0.5, 0.6) is 0 Å². The summed E-state index contributed by atoms with van der Waals surface area (Å²) >= 11 is 0. The summed E-state index contributed by atoms with van der Waals surface area (Å²) in [5.74, 6) is 1.54. The van der Waals surface area contributed by atoms with Gasteiger partial charge in [0.25, 0.3) is 5.91 Å². The number of carbonyl (C=O) groups is 1. The average Bonchev–Trinajstić information content (AvgIpc) is 3.51. The molecule has 2 aliphatic rings. The van der Waals surface area contributed by atoms with Crippen LogP contribution in [-0.2, 0) is 4.74 Å². The van der Waals surface area contributed by atoms with Gasteiger partial charge in [-0.3, -0.25) is 19.7 Å². The minimum Gasteiger partial charge on any atom is -0.382 e. The monoisotopic (exact) mass is 598 g/mol. The van der Waals surface area contributed by atoms with Crippen molar-refractivity contribution in [2.24, 2.45) is 0 Å². The molecule has 0 aliphatic carbocycles. The lowest BCUT2D eigenvalue weighted by Gasteiger charge is -2.36. The van der Waals surface area contributed by atoms with Crippen LogP contribution in [0.1, 0.15) is 28.5 Å². The van der Waals surface area contributed by atoms with Crippen LogP contribution in [0.15, 0.2) is 37.2 Å². The number of aromatic nitrogens is 6. The molecular formula is C30H38N12O2. The number of fused-ring (bicyclic) bond motifs is 1. The van der Waals surface area contributed by atoms with Crippen molar-refractivity contribution < 1.29 is 9.53 Å². The number of hydrogen-bond donors (Lipinski definition) is 4. The third-order valence-corrected chi connectivity index (χ3v) is 8.00. The molecule has 0 unspecified atom stereocenters. The Morgan fingerprint density at radius 1 is 1.02 bits per heavy atom. The van der Waals surface area contributed by atoms with Gasteiger partial charge in [-0.05, 0) is 37.1 Å². The normalized spacial score (nSPS) is 16.3. The fraction of sp³-hybridized carbons (Fsp3) is 0.400. The maximum absolute atomic E-state index is 13.0. The Morgan fingerprint density at radius 2 is 1.77 bits per heavy atom. The van der Waals surface area contributed by atoms with Crippen molar-refractivity contribution in [3.05, 3.63) is 54.0 Å². The number of nitrogens with zero attached hydrogens (tertiary/aromatic N) is 8. The van der Waals surface area contributed by atoms with Crippen LogP contribution < -0.4 is 21.3 Å². The van der Waals surface area contributed by atoms with E-state index in [2.05, 4.69) is 57.1 Å². The summed E-state index contributed by atoms with van der Waals surface area (Å²) in [6.07, 6.45) is 1.43. The molecule has 6 rings (SSSR count). The molecule has 2 aliphatic heterocycles. The molecule has 14 heteroatoms. The van der Waals surface area contributed by atoms with Gasteiger partial charge in [0.1, 0.15) is 23.2 Å². The summed E-state index contributed by atoms with van der Waals surface area (Å²) in [5, 5.41) is 13.2. The fourth-order valence-electron chi connectivity index (χ4n) is 5.29. The zero-order valence-corrected chi connectivity index (χ0v) is 25.1. The van der Waals surface area contributed by atoms with Crippen molar-refractivity contribution in [2.75, 3.05) is 86.8 Å². The van der Waals surface area contributed by atoms with Gasteiger partial charge in [0.15, 0.2) is 11.6 Å². The molecule has 44 heavy (non-hydrogen) atoms. The SMILES string of the molecule is C=C(C)c1cc(NC(=O)c2ccc(C)c(Nc3ncnc4c(N)nc(N5CCN(CCN6CCOCC6)CC5)nc34)c2)[nH]n1. The van der Waals surface area contributed by atoms with Gasteiger partial charge >= 0.3 is 0 Å². The summed E-state index contributed by atoms with van der Waals surface area (Å²) in [6, 6.07) is 7.16. The second kappa shape index (κ2) is 12.9. The molecule has 3 aromatic heterocycles. The lowest BCUT2D eigenvalue weighted by atomic mass is 10.1. The molecule has 0 radical (unpaired) electrons. The van der Waals surface area contributed by atoms with Gasteiger partial charge in [0, 0.05) is 69.7 Å². The van der Waals surface area contributed by atoms with Crippen molar-refractivity contribution in [1.29, 1.82) is 0 Å². The van der Waals surface area contributed by atoms with Crippen molar-refractivity contribution in [2.45, 2.75) is 13.8 Å². The molecule has 4 aromatic rings. The number of nitrogens with two attached hydrogens (primary N) is 1. The van der Waals surface area contributed by atoms with Gasteiger partial charge in [-0.25, -0.2) is 15.0 Å². The molecular weight excluding hydrogens is 560 g/mol. The second-order valence-electron chi connectivity index (χ2n) is 11.2. The first-order valence-corrected chi connectivity index (χ1v) is 14.8. The van der Waals surface area contributed by atoms with E-state index in [-0.39, 0.29) is 5.91 Å². The van der Waals surface area contributed by atoms with E-state index in [0.29, 0.717) is 51.4 Å². The highest BCUT2D eigenvalue weighted by molar-refractivity contribution is 6.05. The van der Waals surface area contributed by atoms with Crippen molar-refractivity contribution in [3.8, 4) is 0 Å². The third-order valence-electron chi connectivity index (χ3n) is 8.00. The number of morpholine rings is 1. The number of benzene rings is 1. The molecule has 5 heterocycles. The number of H-pyrrole nitrogens is 1. The molecule has 5 N–H and O–H groups in total. The van der Waals surface area contributed by atoms with E-state index >= 15 is 0 Å². The Hall–Kier alpha value is -4.66. The van der Waals surface area contributed by atoms with Gasteiger partial charge in [0.2, 0.25) is 5.95 Å². The van der Waals surface area contributed by atoms with Crippen molar-refractivity contribution >= 4 is 51.6 Å². The van der Waals surface area contributed by atoms with Crippen LogP contribution in [0.25, 0.3) is 16.6 Å². The minimum atomic E-state index is -0.282. The van der Waals surface area contributed by atoms with Gasteiger partial charge in [-0.1, -0.05) is 12.6 Å². The molecule has 0 spiro atoms. The molecule has 2 fully saturated rings. The molecule has 1 amide bonds. The summed E-state index contributed by atoms with van der Waals surface area (Å²) in [6.45, 7) is 16.8. The summed E-state index contributed by atoms with van der Waals surface area (Å²) in [5.41, 5.74) is 11.0. The largest absolute Gasteiger partial charge is 0.382 e. The summed E-state index contributed by atoms with van der Waals surface area (Å²) in [4.78, 5) is 38.4. The molecule has 1 aromatic carbocycles. The number of amides is 1. The number of piperazine rings is 1. The van der Waals surface area contributed by atoms with Crippen molar-refractivity contribution in [1.82, 2.24) is 39.9 Å². The number of aromatic amines is 1. The maximum atomic E-state index is 13.0. The second-order valence-corrected chi connectivity index (χ2v) is 11.2. The first-order valence-electron chi connectivity index (χ1n) is 14.8. The molecule has 0 bridgehead atoms. The average molecular weight is 599 g/mol. The van der Waals surface area contributed by atoms with Crippen LogP contribution >= 0.6 is 0 Å². The van der Waals surface area contributed by atoms with E-state index in [1.54, 1.807) is 18.2 Å². The first-order chi connectivity index (χ1) is 21.3. The number of carbonyl (C=O) groups excluding carboxylic acids is 1. The van der Waals surface area contributed by atoms with Crippen LogP contribution in [0.3, 0.4) is 0 Å². The number of nitrogen functional groups attached to an aromatic ring is 1. The van der Waals surface area contributed by atoms with Gasteiger partial charge in [0.05, 0.1) is 18.9 Å². The Labute approximate surface area is 255 Å². The highest BCUT2D eigenvalue weighted by Crippen LogP contribution is 2.28. The number of allylic oxidation sites excluding steroid dienone is 1. The Kier molecular flexibility index (Phi) is 8.63. The van der Waals surface area contributed by atoms with Crippen LogP contribution in [-0.4, -0.2) is 111 Å². The topological polar surface area (TPSA) is 166 Å². The van der Waals surface area contributed by atoms with Crippen molar-refractivity contribution in [3.63, 3.8) is 0 Å². The van der Waals surface area contributed by atoms with E-state index in [9.17, 15) is 4.79 Å². The molecule has 2 saturated heterocycles. The van der Waals surface area contributed by atoms with E-state index in [0.717, 1.165) is 76.7 Å². The highest BCUT2D eigenvalue weighted by atomic mass is 16.5. The predicted molar refractivity (Wildman–Crippen MR) is 171 cm³/mol. The lowest BCUT2D eigenvalue weighted by molar-refractivity contribution is 0.0331. The number of anilines is 5. The smallest absolute Gasteiger partial charge is 0.256 e. The number of ether oxygens (including phenoxy) is 1. The van der Waals surface area contributed by atoms with Gasteiger partial charge in [-0.2, -0.15) is 10.1 Å². The van der Waals surface area contributed by atoms with Crippen LogP contribution in [0.2, 0.25) is 0 Å². The Bertz CT molecular complexity index is 1660. The van der Waals surface area contributed by atoms with E-state index in [1.165, 1.54) is 6.33 Å². The predicted octanol–water partition coefficient (Wildman–Crippen LogP) is 2.52. The zero-order valence-electron chi connectivity index (χ0n) is 25.1. The Morgan fingerprint density at radius 3 is 2.50 bits per heavy atom. The Balaban J connectivity index is 1.16. The summed E-state index contributed by atoms with van der Waals surface area (Å²) in [7, 11) is 0. The fourth-order valence-corrected chi connectivity index (χ4v) is 5.29. The molecule has 14 nitrogen and oxygen atoms in total. The first kappa shape index (κ1) is 29.4. The molecule has 0 saturated carbocycles. The van der Waals surface area contributed by atoms with E-state index < -0.39 is 0 Å². The quantitative estimate of drug-likeness (QED) is 0.223. The van der Waals surface area contributed by atoms with E-state index in [1.807, 2.05) is 19.9 Å². The number of aryl methyl sites for hydroxylation is 1. The van der Waals surface area contributed by atoms with Gasteiger partial charge < -0.3 is 26.0 Å². The number of nitrogens with one attached hydrogen (secondary N) is 3. The number of rotatable bonds is 9.